The minimum Gasteiger partial charge on any atom is -0.350 e. The van der Waals surface area contributed by atoms with Gasteiger partial charge in [-0.15, -0.1) is 0 Å². The molecule has 0 aromatic heterocycles. The Labute approximate surface area is 156 Å². The van der Waals surface area contributed by atoms with E-state index in [-0.39, 0.29) is 24.3 Å². The zero-order chi connectivity index (χ0) is 18.7. The average Bonchev–Trinajstić information content (AvgIpc) is 2.72. The van der Waals surface area contributed by atoms with Crippen molar-refractivity contribution in [2.75, 3.05) is 11.4 Å². The molecule has 2 N–H and O–H groups in total. The molecule has 0 unspecified atom stereocenters. The van der Waals surface area contributed by atoms with Crippen LogP contribution >= 0.6 is 11.6 Å². The van der Waals surface area contributed by atoms with Gasteiger partial charge >= 0.3 is 0 Å². The summed E-state index contributed by atoms with van der Waals surface area (Å²) in [7, 11) is 0. The van der Waals surface area contributed by atoms with Gasteiger partial charge in [0, 0.05) is 11.6 Å². The molecule has 0 bridgehead atoms. The molecule has 0 spiro atoms. The van der Waals surface area contributed by atoms with Gasteiger partial charge in [-0.3, -0.25) is 14.4 Å². The molecule has 134 valence electrons. The zero-order valence-electron chi connectivity index (χ0n) is 14.2. The predicted octanol–water partition coefficient (Wildman–Crippen LogP) is 2.12. The van der Waals surface area contributed by atoms with Crippen LogP contribution in [0.4, 0.5) is 5.69 Å². The van der Waals surface area contributed by atoms with Gasteiger partial charge in [0.15, 0.2) is 0 Å². The molecule has 0 fully saturated rings. The molecule has 1 aliphatic rings. The first-order valence-electron chi connectivity index (χ1n) is 8.18. The van der Waals surface area contributed by atoms with E-state index < -0.39 is 6.04 Å². The van der Waals surface area contributed by atoms with Crippen molar-refractivity contribution in [1.29, 1.82) is 0 Å². The second kappa shape index (κ2) is 7.58. The molecule has 0 aliphatic carbocycles. The van der Waals surface area contributed by atoms with E-state index in [1.165, 1.54) is 4.90 Å². The largest absolute Gasteiger partial charge is 0.350 e. The number of carbonyl (C=O) groups is 3. The average molecular weight is 372 g/mol. The standard InChI is InChI=1S/C19H18ClN3O3/c1-12-19(26)23(16-5-3-2-4-15(16)18(25)22-12)11-17(24)21-10-13-6-8-14(20)9-7-13/h2-9,12H,10-11H2,1H3,(H,21,24)(H,22,25)/t12-/m0/s1. The van der Waals surface area contributed by atoms with Crippen LogP contribution in [0.25, 0.3) is 0 Å². The summed E-state index contributed by atoms with van der Waals surface area (Å²) >= 11 is 5.84. The van der Waals surface area contributed by atoms with Gasteiger partial charge in [0.05, 0.1) is 11.3 Å². The molecule has 1 atom stereocenters. The molecule has 0 radical (unpaired) electrons. The first-order chi connectivity index (χ1) is 12.5. The Kier molecular flexibility index (Phi) is 5.23. The molecule has 3 amide bonds. The van der Waals surface area contributed by atoms with Crippen molar-refractivity contribution in [2.45, 2.75) is 19.5 Å². The van der Waals surface area contributed by atoms with Crippen molar-refractivity contribution in [1.82, 2.24) is 10.6 Å². The van der Waals surface area contributed by atoms with Gasteiger partial charge in [-0.1, -0.05) is 35.9 Å². The molecule has 0 saturated heterocycles. The highest BCUT2D eigenvalue weighted by Gasteiger charge is 2.32. The van der Waals surface area contributed by atoms with Crippen LogP contribution in [0.2, 0.25) is 5.02 Å². The summed E-state index contributed by atoms with van der Waals surface area (Å²) in [5.41, 5.74) is 1.70. The van der Waals surface area contributed by atoms with E-state index in [1.54, 1.807) is 43.3 Å². The Morgan fingerprint density at radius 1 is 1.15 bits per heavy atom. The van der Waals surface area contributed by atoms with E-state index >= 15 is 0 Å². The third-order valence-electron chi connectivity index (χ3n) is 4.13. The Morgan fingerprint density at radius 3 is 2.58 bits per heavy atom. The maximum atomic E-state index is 12.6. The molecule has 1 aliphatic heterocycles. The van der Waals surface area contributed by atoms with Crippen LogP contribution in [0, 0.1) is 0 Å². The summed E-state index contributed by atoms with van der Waals surface area (Å²) in [5, 5.41) is 6.05. The van der Waals surface area contributed by atoms with Crippen LogP contribution < -0.4 is 15.5 Å². The summed E-state index contributed by atoms with van der Waals surface area (Å²) < 4.78 is 0. The fourth-order valence-electron chi connectivity index (χ4n) is 2.76. The van der Waals surface area contributed by atoms with Gasteiger partial charge in [0.2, 0.25) is 11.8 Å². The molecule has 2 aromatic carbocycles. The second-order valence-corrected chi connectivity index (χ2v) is 6.48. The van der Waals surface area contributed by atoms with Gasteiger partial charge in [0.25, 0.3) is 5.91 Å². The Hall–Kier alpha value is -2.86. The van der Waals surface area contributed by atoms with Gasteiger partial charge in [-0.25, -0.2) is 0 Å². The number of para-hydroxylation sites is 1. The van der Waals surface area contributed by atoms with Gasteiger partial charge in [-0.2, -0.15) is 0 Å². The monoisotopic (exact) mass is 371 g/mol. The summed E-state index contributed by atoms with van der Waals surface area (Å²) in [6, 6.07) is 13.2. The number of hydrogen-bond donors (Lipinski definition) is 2. The zero-order valence-corrected chi connectivity index (χ0v) is 14.9. The lowest BCUT2D eigenvalue weighted by Gasteiger charge is -2.23. The molecule has 0 saturated carbocycles. The SMILES string of the molecule is C[C@@H]1NC(=O)c2ccccc2N(CC(=O)NCc2ccc(Cl)cc2)C1=O. The highest BCUT2D eigenvalue weighted by molar-refractivity contribution is 6.30. The number of benzene rings is 2. The summed E-state index contributed by atoms with van der Waals surface area (Å²) in [6.07, 6.45) is 0. The van der Waals surface area contributed by atoms with E-state index in [1.807, 2.05) is 12.1 Å². The lowest BCUT2D eigenvalue weighted by atomic mass is 10.1. The first-order valence-corrected chi connectivity index (χ1v) is 8.56. The van der Waals surface area contributed by atoms with Crippen molar-refractivity contribution in [3.63, 3.8) is 0 Å². The van der Waals surface area contributed by atoms with Gasteiger partial charge in [0.1, 0.15) is 12.6 Å². The molecular weight excluding hydrogens is 354 g/mol. The molecule has 3 rings (SSSR count). The van der Waals surface area contributed by atoms with E-state index in [9.17, 15) is 14.4 Å². The third-order valence-corrected chi connectivity index (χ3v) is 4.38. The number of nitrogens with one attached hydrogen (secondary N) is 2. The van der Waals surface area contributed by atoms with Crippen LogP contribution in [-0.4, -0.2) is 30.3 Å². The van der Waals surface area contributed by atoms with Crippen molar-refractivity contribution in [2.24, 2.45) is 0 Å². The number of fused-ring (bicyclic) bond motifs is 1. The van der Waals surface area contributed by atoms with E-state index in [0.717, 1.165) is 5.56 Å². The fraction of sp³-hybridized carbons (Fsp3) is 0.211. The normalized spacial score (nSPS) is 16.5. The van der Waals surface area contributed by atoms with Crippen molar-refractivity contribution < 1.29 is 14.4 Å². The number of rotatable bonds is 4. The van der Waals surface area contributed by atoms with Crippen LogP contribution in [0.5, 0.6) is 0 Å². The topological polar surface area (TPSA) is 78.5 Å². The van der Waals surface area contributed by atoms with Crippen LogP contribution in [0.3, 0.4) is 0 Å². The number of halogens is 1. The van der Waals surface area contributed by atoms with Crippen molar-refractivity contribution in [3.8, 4) is 0 Å². The lowest BCUT2D eigenvalue weighted by molar-refractivity contribution is -0.124. The van der Waals surface area contributed by atoms with Crippen molar-refractivity contribution in [3.05, 3.63) is 64.7 Å². The fourth-order valence-corrected chi connectivity index (χ4v) is 2.88. The lowest BCUT2D eigenvalue weighted by Crippen LogP contribution is -2.47. The predicted molar refractivity (Wildman–Crippen MR) is 99.0 cm³/mol. The maximum Gasteiger partial charge on any atom is 0.254 e. The van der Waals surface area contributed by atoms with Crippen LogP contribution in [0.1, 0.15) is 22.8 Å². The minimum absolute atomic E-state index is 0.164. The minimum atomic E-state index is -0.709. The molecular formula is C19H18ClN3O3. The number of hydrogen-bond acceptors (Lipinski definition) is 3. The van der Waals surface area contributed by atoms with E-state index in [4.69, 9.17) is 11.6 Å². The molecule has 7 heteroatoms. The third kappa shape index (κ3) is 3.86. The second-order valence-electron chi connectivity index (χ2n) is 6.04. The molecule has 1 heterocycles. The summed E-state index contributed by atoms with van der Waals surface area (Å²) in [6.45, 7) is 1.76. The molecule has 26 heavy (non-hydrogen) atoms. The maximum absolute atomic E-state index is 12.6. The summed E-state index contributed by atoms with van der Waals surface area (Å²) in [4.78, 5) is 38.6. The summed E-state index contributed by atoms with van der Waals surface area (Å²) in [5.74, 6) is -0.972. The Balaban J connectivity index is 1.75. The molecule has 6 nitrogen and oxygen atoms in total. The number of amides is 3. The Morgan fingerprint density at radius 2 is 1.85 bits per heavy atom. The number of nitrogens with zero attached hydrogens (tertiary/aromatic N) is 1. The van der Waals surface area contributed by atoms with E-state index in [2.05, 4.69) is 10.6 Å². The van der Waals surface area contributed by atoms with E-state index in [0.29, 0.717) is 22.8 Å². The van der Waals surface area contributed by atoms with Gasteiger partial charge < -0.3 is 15.5 Å². The van der Waals surface area contributed by atoms with Crippen LogP contribution in [0.15, 0.2) is 48.5 Å². The molecule has 2 aromatic rings. The quantitative estimate of drug-likeness (QED) is 0.864. The number of anilines is 1. The smallest absolute Gasteiger partial charge is 0.254 e. The van der Waals surface area contributed by atoms with Gasteiger partial charge in [-0.05, 0) is 36.8 Å². The first kappa shape index (κ1) is 17.9. The Bertz CT molecular complexity index is 851. The number of carbonyl (C=O) groups excluding carboxylic acids is 3. The van der Waals surface area contributed by atoms with Crippen molar-refractivity contribution >= 4 is 35.0 Å². The highest BCUT2D eigenvalue weighted by atomic mass is 35.5. The highest BCUT2D eigenvalue weighted by Crippen LogP contribution is 2.23. The van der Waals surface area contributed by atoms with Crippen LogP contribution in [-0.2, 0) is 16.1 Å².